The molecule has 2 aromatic rings. The number of hydrogen-bond donors (Lipinski definition) is 1. The lowest BCUT2D eigenvalue weighted by Gasteiger charge is -2.43. The number of fused-ring (bicyclic) bond motifs is 1. The van der Waals surface area contributed by atoms with Crippen LogP contribution in [0.1, 0.15) is 11.1 Å². The lowest BCUT2D eigenvalue weighted by molar-refractivity contribution is -0.163. The molecule has 2 aliphatic rings. The van der Waals surface area contributed by atoms with E-state index in [1.165, 1.54) is 11.1 Å². The van der Waals surface area contributed by atoms with E-state index in [1.807, 2.05) is 18.2 Å². The first-order valence-corrected chi connectivity index (χ1v) is 7.41. The molecule has 1 atom stereocenters. The first-order chi connectivity index (χ1) is 10.9. The molecule has 4 rings (SSSR count). The second kappa shape index (κ2) is 5.44. The maximum Gasteiger partial charge on any atom is 0.174 e. The fourth-order valence-corrected chi connectivity index (χ4v) is 3.34. The molecule has 1 saturated heterocycles. The summed E-state index contributed by atoms with van der Waals surface area (Å²) in [7, 11) is 0. The molecule has 22 heavy (non-hydrogen) atoms. The van der Waals surface area contributed by atoms with Crippen molar-refractivity contribution >= 4 is 0 Å². The van der Waals surface area contributed by atoms with Crippen LogP contribution in [-0.2, 0) is 15.0 Å². The minimum absolute atomic E-state index is 0.129. The van der Waals surface area contributed by atoms with Gasteiger partial charge in [-0.2, -0.15) is 0 Å². The van der Waals surface area contributed by atoms with Crippen molar-refractivity contribution in [3.8, 4) is 0 Å². The maximum atomic E-state index is 6.00. The SMILES string of the molecule is C1=CC(c2ccccc2)(c2ccccc2)C2OCONC2=C1. The summed E-state index contributed by atoms with van der Waals surface area (Å²) >= 11 is 0. The van der Waals surface area contributed by atoms with E-state index in [0.29, 0.717) is 0 Å². The van der Waals surface area contributed by atoms with Crippen LogP contribution in [0.15, 0.2) is 84.6 Å². The first-order valence-electron chi connectivity index (χ1n) is 7.41. The standard InChI is InChI=1S/C19H17NO2/c1-3-8-15(9-4-1)19(16-10-5-2-6-11-16)13-7-12-17-18(19)21-14-22-20-17/h1-13,18,20H,14H2. The van der Waals surface area contributed by atoms with Crippen molar-refractivity contribution in [2.75, 3.05) is 6.79 Å². The third-order valence-electron chi connectivity index (χ3n) is 4.32. The Kier molecular flexibility index (Phi) is 3.29. The van der Waals surface area contributed by atoms with Gasteiger partial charge in [-0.3, -0.25) is 5.48 Å². The zero-order chi connectivity index (χ0) is 14.8. The highest BCUT2D eigenvalue weighted by Gasteiger charge is 2.45. The first kappa shape index (κ1) is 13.3. The largest absolute Gasteiger partial charge is 0.342 e. The molecule has 1 aliphatic carbocycles. The second-order valence-corrected chi connectivity index (χ2v) is 5.49. The molecule has 0 radical (unpaired) electrons. The molecule has 0 amide bonds. The molecule has 3 heteroatoms. The molecule has 3 nitrogen and oxygen atoms in total. The molecule has 0 saturated carbocycles. The van der Waals surface area contributed by atoms with Gasteiger partial charge in [-0.15, -0.1) is 0 Å². The summed E-state index contributed by atoms with van der Waals surface area (Å²) in [6.07, 6.45) is 6.17. The van der Waals surface area contributed by atoms with E-state index in [4.69, 9.17) is 9.57 Å². The maximum absolute atomic E-state index is 6.00. The molecule has 1 aliphatic heterocycles. The zero-order valence-corrected chi connectivity index (χ0v) is 12.1. The van der Waals surface area contributed by atoms with Gasteiger partial charge in [-0.05, 0) is 17.2 Å². The van der Waals surface area contributed by atoms with Gasteiger partial charge in [0.15, 0.2) is 6.79 Å². The summed E-state index contributed by atoms with van der Waals surface area (Å²) in [6, 6.07) is 21.0. The van der Waals surface area contributed by atoms with Gasteiger partial charge < -0.3 is 4.74 Å². The van der Waals surface area contributed by atoms with Crippen molar-refractivity contribution in [3.63, 3.8) is 0 Å². The molecule has 0 bridgehead atoms. The Bertz CT molecular complexity index is 667. The molecule has 110 valence electrons. The van der Waals surface area contributed by atoms with Gasteiger partial charge in [0.25, 0.3) is 0 Å². The summed E-state index contributed by atoms with van der Waals surface area (Å²) < 4.78 is 6.00. The summed E-state index contributed by atoms with van der Waals surface area (Å²) in [4.78, 5) is 5.23. The monoisotopic (exact) mass is 291 g/mol. The van der Waals surface area contributed by atoms with E-state index < -0.39 is 0 Å². The lowest BCUT2D eigenvalue weighted by atomic mass is 9.67. The van der Waals surface area contributed by atoms with Gasteiger partial charge in [0.2, 0.25) is 0 Å². The molecule has 1 N–H and O–H groups in total. The summed E-state index contributed by atoms with van der Waals surface area (Å²) in [6.45, 7) is 0.233. The van der Waals surface area contributed by atoms with Crippen molar-refractivity contribution < 1.29 is 9.57 Å². The van der Waals surface area contributed by atoms with Crippen molar-refractivity contribution in [2.24, 2.45) is 0 Å². The molecule has 1 unspecified atom stereocenters. The number of hydrogen-bond acceptors (Lipinski definition) is 3. The number of ether oxygens (including phenoxy) is 1. The van der Waals surface area contributed by atoms with E-state index in [0.717, 1.165) is 5.70 Å². The second-order valence-electron chi connectivity index (χ2n) is 5.49. The highest BCUT2D eigenvalue weighted by Crippen LogP contribution is 2.43. The van der Waals surface area contributed by atoms with E-state index in [1.54, 1.807) is 0 Å². The van der Waals surface area contributed by atoms with E-state index in [2.05, 4.69) is 66.2 Å². The topological polar surface area (TPSA) is 30.5 Å². The van der Waals surface area contributed by atoms with Crippen LogP contribution in [0.25, 0.3) is 0 Å². The average molecular weight is 291 g/mol. The Morgan fingerprint density at radius 3 is 2.18 bits per heavy atom. The smallest absolute Gasteiger partial charge is 0.174 e. The Balaban J connectivity index is 1.94. The van der Waals surface area contributed by atoms with Crippen LogP contribution >= 0.6 is 0 Å². The van der Waals surface area contributed by atoms with Crippen LogP contribution in [-0.4, -0.2) is 12.9 Å². The van der Waals surface area contributed by atoms with Crippen molar-refractivity contribution in [1.82, 2.24) is 5.48 Å². The number of allylic oxidation sites excluding steroid dienone is 2. The Morgan fingerprint density at radius 2 is 1.55 bits per heavy atom. The average Bonchev–Trinajstić information content (AvgIpc) is 2.63. The van der Waals surface area contributed by atoms with Crippen molar-refractivity contribution in [2.45, 2.75) is 11.5 Å². The van der Waals surface area contributed by atoms with Crippen LogP contribution in [0, 0.1) is 0 Å². The van der Waals surface area contributed by atoms with Crippen LogP contribution in [0.5, 0.6) is 0 Å². The molecule has 0 spiro atoms. The Labute approximate surface area is 129 Å². The minimum atomic E-state index is -0.358. The lowest BCUT2D eigenvalue weighted by Crippen LogP contribution is -2.50. The van der Waals surface area contributed by atoms with Crippen LogP contribution in [0.2, 0.25) is 0 Å². The molecule has 1 heterocycles. The van der Waals surface area contributed by atoms with E-state index in [9.17, 15) is 0 Å². The van der Waals surface area contributed by atoms with Crippen molar-refractivity contribution in [1.29, 1.82) is 0 Å². The van der Waals surface area contributed by atoms with Gasteiger partial charge in [0, 0.05) is 0 Å². The third-order valence-corrected chi connectivity index (χ3v) is 4.32. The highest BCUT2D eigenvalue weighted by atomic mass is 16.8. The summed E-state index contributed by atoms with van der Waals surface area (Å²) in [5.74, 6) is 0. The molecular formula is C19H17NO2. The molecule has 0 aromatic heterocycles. The van der Waals surface area contributed by atoms with E-state index >= 15 is 0 Å². The normalized spacial score (nSPS) is 22.4. The summed E-state index contributed by atoms with van der Waals surface area (Å²) in [5, 5.41) is 0. The number of benzene rings is 2. The van der Waals surface area contributed by atoms with Gasteiger partial charge in [-0.25, -0.2) is 4.84 Å². The fraction of sp³-hybridized carbons (Fsp3) is 0.158. The molecular weight excluding hydrogens is 274 g/mol. The van der Waals surface area contributed by atoms with E-state index in [-0.39, 0.29) is 18.3 Å². The van der Waals surface area contributed by atoms with Crippen LogP contribution in [0.4, 0.5) is 0 Å². The number of hydroxylamine groups is 1. The minimum Gasteiger partial charge on any atom is -0.342 e. The van der Waals surface area contributed by atoms with Gasteiger partial charge >= 0.3 is 0 Å². The predicted octanol–water partition coefficient (Wildman–Crippen LogP) is 3.30. The number of rotatable bonds is 2. The fourth-order valence-electron chi connectivity index (χ4n) is 3.34. The summed E-state index contributed by atoms with van der Waals surface area (Å²) in [5.41, 5.74) is 6.00. The quantitative estimate of drug-likeness (QED) is 0.921. The van der Waals surface area contributed by atoms with Crippen LogP contribution < -0.4 is 5.48 Å². The Morgan fingerprint density at radius 1 is 0.909 bits per heavy atom. The third kappa shape index (κ3) is 1.98. The zero-order valence-electron chi connectivity index (χ0n) is 12.1. The van der Waals surface area contributed by atoms with Gasteiger partial charge in [0.1, 0.15) is 6.10 Å². The predicted molar refractivity (Wildman–Crippen MR) is 84.8 cm³/mol. The Hall–Kier alpha value is -2.36. The molecule has 1 fully saturated rings. The highest BCUT2D eigenvalue weighted by molar-refractivity contribution is 5.51. The van der Waals surface area contributed by atoms with Gasteiger partial charge in [-0.1, -0.05) is 72.8 Å². The molecule has 2 aromatic carbocycles. The van der Waals surface area contributed by atoms with Gasteiger partial charge in [0.05, 0.1) is 11.1 Å². The van der Waals surface area contributed by atoms with Crippen molar-refractivity contribution in [3.05, 3.63) is 95.7 Å². The van der Waals surface area contributed by atoms with Crippen LogP contribution in [0.3, 0.4) is 0 Å². The number of nitrogens with one attached hydrogen (secondary N) is 1.